The maximum absolute atomic E-state index is 13.5. The lowest BCUT2D eigenvalue weighted by Gasteiger charge is -2.16. The molecular formula is C22H19FN4OS. The summed E-state index contributed by atoms with van der Waals surface area (Å²) in [5, 5.41) is 8.02. The van der Waals surface area contributed by atoms with E-state index in [1.54, 1.807) is 10.7 Å². The van der Waals surface area contributed by atoms with Crippen LogP contribution in [-0.2, 0) is 12.8 Å². The third-order valence-electron chi connectivity index (χ3n) is 5.20. The summed E-state index contributed by atoms with van der Waals surface area (Å²) in [7, 11) is 0. The van der Waals surface area contributed by atoms with Crippen molar-refractivity contribution < 1.29 is 9.18 Å². The molecule has 0 saturated heterocycles. The lowest BCUT2D eigenvalue weighted by Crippen LogP contribution is -2.16. The highest BCUT2D eigenvalue weighted by Gasteiger charge is 2.17. The molecule has 1 N–H and O–H groups in total. The van der Waals surface area contributed by atoms with Gasteiger partial charge in [-0.2, -0.15) is 9.78 Å². The molecule has 0 radical (unpaired) electrons. The summed E-state index contributed by atoms with van der Waals surface area (Å²) < 4.78 is 15.9. The number of aromatic nitrogens is 3. The Morgan fingerprint density at radius 3 is 2.79 bits per heavy atom. The number of nitrogens with zero attached hydrogens (tertiary/aromatic N) is 3. The predicted molar refractivity (Wildman–Crippen MR) is 112 cm³/mol. The van der Waals surface area contributed by atoms with Gasteiger partial charge in [-0.15, -0.1) is 0 Å². The van der Waals surface area contributed by atoms with E-state index in [-0.39, 0.29) is 11.7 Å². The molecule has 1 aliphatic rings. The molecular weight excluding hydrogens is 387 g/mol. The van der Waals surface area contributed by atoms with Crippen LogP contribution in [0.5, 0.6) is 0 Å². The van der Waals surface area contributed by atoms with E-state index in [1.165, 1.54) is 47.4 Å². The Morgan fingerprint density at radius 1 is 1.10 bits per heavy atom. The largest absolute Gasteiger partial charge is 0.306 e. The Labute approximate surface area is 171 Å². The van der Waals surface area contributed by atoms with Crippen LogP contribution in [0.3, 0.4) is 0 Å². The van der Waals surface area contributed by atoms with Gasteiger partial charge in [-0.05, 0) is 74.1 Å². The molecule has 0 bridgehead atoms. The first-order valence-corrected chi connectivity index (χ1v) is 10.4. The quantitative estimate of drug-likeness (QED) is 0.517. The fourth-order valence-corrected chi connectivity index (χ4v) is 4.73. The molecule has 0 saturated carbocycles. The van der Waals surface area contributed by atoms with Crippen molar-refractivity contribution in [3.8, 4) is 5.13 Å². The highest BCUT2D eigenvalue weighted by atomic mass is 32.1. The third kappa shape index (κ3) is 3.42. The van der Waals surface area contributed by atoms with Gasteiger partial charge in [0.15, 0.2) is 0 Å². The topological polar surface area (TPSA) is 59.8 Å². The Hall–Kier alpha value is -3.06. The van der Waals surface area contributed by atoms with Gasteiger partial charge in [0.05, 0.1) is 15.9 Å². The Morgan fingerprint density at radius 2 is 1.93 bits per heavy atom. The summed E-state index contributed by atoms with van der Waals surface area (Å²) in [6.45, 7) is 1.86. The highest BCUT2D eigenvalue weighted by Crippen LogP contribution is 2.28. The molecule has 0 unspecified atom stereocenters. The molecule has 7 heteroatoms. The number of fused-ring (bicyclic) bond motifs is 2. The molecule has 0 aliphatic heterocycles. The van der Waals surface area contributed by atoms with Crippen molar-refractivity contribution >= 4 is 33.3 Å². The van der Waals surface area contributed by atoms with Crippen molar-refractivity contribution in [2.75, 3.05) is 5.32 Å². The van der Waals surface area contributed by atoms with Gasteiger partial charge >= 0.3 is 0 Å². The lowest BCUT2D eigenvalue weighted by molar-refractivity contribution is 0.102. The van der Waals surface area contributed by atoms with Crippen LogP contribution in [0.2, 0.25) is 0 Å². The fraction of sp³-hybridized carbons (Fsp3) is 0.227. The molecule has 0 spiro atoms. The zero-order chi connectivity index (χ0) is 20.0. The molecule has 5 rings (SSSR count). The number of amides is 1. The number of hydrogen-bond acceptors (Lipinski definition) is 4. The van der Waals surface area contributed by atoms with Crippen LogP contribution in [0.4, 0.5) is 10.2 Å². The van der Waals surface area contributed by atoms with E-state index in [1.807, 2.05) is 25.1 Å². The lowest BCUT2D eigenvalue weighted by atomic mass is 9.90. The first-order chi connectivity index (χ1) is 14.1. The van der Waals surface area contributed by atoms with Crippen LogP contribution in [-0.4, -0.2) is 20.7 Å². The fourth-order valence-electron chi connectivity index (χ4n) is 3.77. The molecule has 0 atom stereocenters. The van der Waals surface area contributed by atoms with Crippen LogP contribution in [0, 0.1) is 12.7 Å². The smallest absolute Gasteiger partial charge is 0.256 e. The van der Waals surface area contributed by atoms with Crippen LogP contribution in [0.25, 0.3) is 15.3 Å². The van der Waals surface area contributed by atoms with E-state index in [9.17, 15) is 9.18 Å². The van der Waals surface area contributed by atoms with E-state index < -0.39 is 0 Å². The number of halogens is 1. The van der Waals surface area contributed by atoms with E-state index >= 15 is 0 Å². The number of hydrogen-bond donors (Lipinski definition) is 1. The average molecular weight is 406 g/mol. The molecule has 146 valence electrons. The second-order valence-electron chi connectivity index (χ2n) is 7.34. The van der Waals surface area contributed by atoms with E-state index in [0.717, 1.165) is 23.2 Å². The Bertz CT molecular complexity index is 1240. The van der Waals surface area contributed by atoms with Gasteiger partial charge in [0.25, 0.3) is 5.91 Å². The number of anilines is 1. The summed E-state index contributed by atoms with van der Waals surface area (Å²) in [6.07, 6.45) is 4.49. The van der Waals surface area contributed by atoms with Crippen molar-refractivity contribution in [1.29, 1.82) is 0 Å². The van der Waals surface area contributed by atoms with Crippen LogP contribution in [0.1, 0.15) is 40.0 Å². The van der Waals surface area contributed by atoms with Crippen molar-refractivity contribution in [2.45, 2.75) is 32.6 Å². The maximum Gasteiger partial charge on any atom is 0.256 e. The van der Waals surface area contributed by atoms with Gasteiger partial charge in [-0.1, -0.05) is 17.4 Å². The number of benzene rings is 2. The first-order valence-electron chi connectivity index (χ1n) is 9.63. The molecule has 2 aromatic carbocycles. The molecule has 1 amide bonds. The van der Waals surface area contributed by atoms with Gasteiger partial charge in [0.1, 0.15) is 11.6 Å². The van der Waals surface area contributed by atoms with Crippen LogP contribution < -0.4 is 5.32 Å². The van der Waals surface area contributed by atoms with Gasteiger partial charge in [0.2, 0.25) is 5.13 Å². The number of nitrogens with one attached hydrogen (secondary N) is 1. The molecule has 4 aromatic rings. The zero-order valence-corrected chi connectivity index (χ0v) is 16.7. The third-order valence-corrected chi connectivity index (χ3v) is 6.20. The summed E-state index contributed by atoms with van der Waals surface area (Å²) in [5.74, 6) is 0.0710. The number of carbonyl (C=O) groups is 1. The van der Waals surface area contributed by atoms with Crippen molar-refractivity contribution in [1.82, 2.24) is 14.8 Å². The van der Waals surface area contributed by atoms with Gasteiger partial charge in [0, 0.05) is 11.6 Å². The van der Waals surface area contributed by atoms with Crippen molar-refractivity contribution in [3.05, 3.63) is 70.7 Å². The molecule has 0 fully saturated rings. The summed E-state index contributed by atoms with van der Waals surface area (Å²) in [5.41, 5.74) is 4.71. The normalized spacial score (nSPS) is 13.4. The molecule has 2 aromatic heterocycles. The number of thiazole rings is 1. The Kier molecular flexibility index (Phi) is 4.39. The number of aryl methyl sites for hydroxylation is 3. The Balaban J connectivity index is 1.46. The van der Waals surface area contributed by atoms with Gasteiger partial charge in [-0.25, -0.2) is 9.37 Å². The molecule has 29 heavy (non-hydrogen) atoms. The van der Waals surface area contributed by atoms with Gasteiger partial charge in [-0.3, -0.25) is 4.79 Å². The van der Waals surface area contributed by atoms with Crippen LogP contribution in [0.15, 0.2) is 42.5 Å². The summed E-state index contributed by atoms with van der Waals surface area (Å²) >= 11 is 1.33. The number of rotatable bonds is 3. The average Bonchev–Trinajstić information content (AvgIpc) is 3.30. The number of carbonyl (C=O) groups excluding carboxylic acids is 1. The minimum absolute atomic E-state index is 0.174. The summed E-state index contributed by atoms with van der Waals surface area (Å²) in [4.78, 5) is 17.4. The van der Waals surface area contributed by atoms with E-state index in [2.05, 4.69) is 21.5 Å². The van der Waals surface area contributed by atoms with Gasteiger partial charge < -0.3 is 5.32 Å². The highest BCUT2D eigenvalue weighted by molar-refractivity contribution is 7.20. The van der Waals surface area contributed by atoms with E-state index in [4.69, 9.17) is 0 Å². The zero-order valence-electron chi connectivity index (χ0n) is 15.9. The summed E-state index contributed by atoms with van der Waals surface area (Å²) in [6, 6.07) is 12.2. The first kappa shape index (κ1) is 18.0. The second kappa shape index (κ2) is 7.08. The molecule has 2 heterocycles. The maximum atomic E-state index is 13.5. The van der Waals surface area contributed by atoms with Crippen molar-refractivity contribution in [3.63, 3.8) is 0 Å². The predicted octanol–water partition coefficient (Wildman–Crippen LogP) is 5.06. The SMILES string of the molecule is Cc1cc(NC(=O)c2ccc3c(c2)CCCC3)n(-c2nc3ccc(F)cc3s2)n1. The molecule has 1 aliphatic carbocycles. The minimum Gasteiger partial charge on any atom is -0.306 e. The minimum atomic E-state index is -0.301. The molecule has 5 nitrogen and oxygen atoms in total. The standard InChI is InChI=1S/C22H19FN4OS/c1-13-10-20(25-21(28)16-7-6-14-4-2-3-5-15(14)11-16)27(26-13)22-24-18-9-8-17(23)12-19(18)29-22/h6-12H,2-5H2,1H3,(H,25,28). The monoisotopic (exact) mass is 406 g/mol. The van der Waals surface area contributed by atoms with Crippen molar-refractivity contribution in [2.24, 2.45) is 0 Å². The second-order valence-corrected chi connectivity index (χ2v) is 8.35. The van der Waals surface area contributed by atoms with Crippen LogP contribution >= 0.6 is 11.3 Å². The van der Waals surface area contributed by atoms with E-state index in [0.29, 0.717) is 22.0 Å².